The number of halogens is 1. The van der Waals surface area contributed by atoms with E-state index >= 15 is 0 Å². The van der Waals surface area contributed by atoms with Crippen LogP contribution in [-0.4, -0.2) is 26.7 Å². The van der Waals surface area contributed by atoms with Crippen molar-refractivity contribution in [3.05, 3.63) is 64.7 Å². The molecule has 2 aromatic rings. The molecule has 0 spiro atoms. The van der Waals surface area contributed by atoms with Crippen molar-refractivity contribution in [1.82, 2.24) is 4.72 Å². The lowest BCUT2D eigenvalue weighted by Gasteiger charge is -2.54. The van der Waals surface area contributed by atoms with Gasteiger partial charge in [0.1, 0.15) is 0 Å². The van der Waals surface area contributed by atoms with Crippen molar-refractivity contribution in [3.8, 4) is 0 Å². The molecule has 0 aromatic heterocycles. The molecule has 0 atom stereocenters. The molecule has 6 heteroatoms. The van der Waals surface area contributed by atoms with Crippen LogP contribution in [0.2, 0.25) is 5.02 Å². The summed E-state index contributed by atoms with van der Waals surface area (Å²) in [5.74, 6) is 0. The Hall–Kier alpha value is -1.40. The van der Waals surface area contributed by atoms with Crippen molar-refractivity contribution in [1.29, 1.82) is 0 Å². The predicted octanol–water partition coefficient (Wildman–Crippen LogP) is 4.20. The highest BCUT2D eigenvalue weighted by molar-refractivity contribution is 7.89. The lowest BCUT2D eigenvalue weighted by atomic mass is 9.52. The third-order valence-corrected chi connectivity index (χ3v) is 7.14. The van der Waals surface area contributed by atoms with Crippen molar-refractivity contribution in [2.75, 3.05) is 13.2 Å². The van der Waals surface area contributed by atoms with E-state index in [1.54, 1.807) is 12.1 Å². The van der Waals surface area contributed by atoms with Crippen LogP contribution in [0.15, 0.2) is 53.4 Å². The molecule has 0 unspecified atom stereocenters. The Morgan fingerprint density at radius 1 is 1.00 bits per heavy atom. The van der Waals surface area contributed by atoms with Gasteiger partial charge in [0.25, 0.3) is 0 Å². The molecular formula is C22H28ClNO3S. The first-order valence-corrected chi connectivity index (χ1v) is 11.4. The molecule has 0 radical (unpaired) electrons. The van der Waals surface area contributed by atoms with Gasteiger partial charge in [0.2, 0.25) is 10.0 Å². The summed E-state index contributed by atoms with van der Waals surface area (Å²) in [5.41, 5.74) is 2.45. The molecule has 28 heavy (non-hydrogen) atoms. The number of benzene rings is 2. The second-order valence-corrected chi connectivity index (χ2v) is 11.0. The summed E-state index contributed by atoms with van der Waals surface area (Å²) >= 11 is 5.87. The van der Waals surface area contributed by atoms with E-state index in [2.05, 4.69) is 30.7 Å². The maximum atomic E-state index is 12.7. The molecule has 3 rings (SSSR count). The summed E-state index contributed by atoms with van der Waals surface area (Å²) in [7, 11) is -3.57. The molecule has 4 nitrogen and oxygen atoms in total. The van der Waals surface area contributed by atoms with Gasteiger partial charge in [0.05, 0.1) is 4.90 Å². The zero-order valence-electron chi connectivity index (χ0n) is 16.4. The topological polar surface area (TPSA) is 66.4 Å². The second-order valence-electron chi connectivity index (χ2n) is 8.76. The van der Waals surface area contributed by atoms with E-state index in [1.807, 2.05) is 12.1 Å². The average molecular weight is 422 g/mol. The smallest absolute Gasteiger partial charge is 0.240 e. The summed E-state index contributed by atoms with van der Waals surface area (Å²) in [6, 6.07) is 14.5. The largest absolute Gasteiger partial charge is 0.396 e. The molecule has 0 aliphatic heterocycles. The first-order chi connectivity index (χ1) is 13.1. The fourth-order valence-corrected chi connectivity index (χ4v) is 5.91. The van der Waals surface area contributed by atoms with E-state index < -0.39 is 10.0 Å². The second kappa shape index (κ2) is 8.15. The van der Waals surface area contributed by atoms with E-state index in [4.69, 9.17) is 16.7 Å². The van der Waals surface area contributed by atoms with Gasteiger partial charge in [-0.05, 0) is 71.9 Å². The summed E-state index contributed by atoms with van der Waals surface area (Å²) in [6.07, 6.45) is 3.43. The first-order valence-electron chi connectivity index (χ1n) is 9.57. The number of hydrogen-bond donors (Lipinski definition) is 2. The van der Waals surface area contributed by atoms with Crippen LogP contribution < -0.4 is 4.72 Å². The minimum atomic E-state index is -3.57. The minimum Gasteiger partial charge on any atom is -0.396 e. The van der Waals surface area contributed by atoms with Gasteiger partial charge in [-0.1, -0.05) is 49.7 Å². The Morgan fingerprint density at radius 2 is 1.57 bits per heavy atom. The Kier molecular flexibility index (Phi) is 6.20. The van der Waals surface area contributed by atoms with Gasteiger partial charge in [-0.2, -0.15) is 0 Å². The number of hydrogen-bond acceptors (Lipinski definition) is 3. The van der Waals surface area contributed by atoms with Crippen LogP contribution in [0, 0.1) is 10.8 Å². The molecule has 0 saturated heterocycles. The summed E-state index contributed by atoms with van der Waals surface area (Å²) < 4.78 is 28.2. The molecule has 2 aromatic carbocycles. The highest BCUT2D eigenvalue weighted by Gasteiger charge is 2.49. The van der Waals surface area contributed by atoms with Crippen LogP contribution in [-0.2, 0) is 22.9 Å². The Bertz CT molecular complexity index is 898. The third kappa shape index (κ3) is 5.15. The number of aliphatic hydroxyl groups is 1. The lowest BCUT2D eigenvalue weighted by molar-refractivity contribution is -0.00786. The van der Waals surface area contributed by atoms with Crippen LogP contribution in [0.4, 0.5) is 0 Å². The molecule has 1 aliphatic rings. The van der Waals surface area contributed by atoms with Gasteiger partial charge in [-0.3, -0.25) is 0 Å². The maximum absolute atomic E-state index is 12.7. The van der Waals surface area contributed by atoms with Crippen LogP contribution in [0.25, 0.3) is 0 Å². The zero-order valence-corrected chi connectivity index (χ0v) is 18.0. The molecule has 152 valence electrons. The number of rotatable bonds is 8. The van der Waals surface area contributed by atoms with Gasteiger partial charge < -0.3 is 5.11 Å². The van der Waals surface area contributed by atoms with Crippen LogP contribution in [0.3, 0.4) is 0 Å². The van der Waals surface area contributed by atoms with Crippen LogP contribution in [0.1, 0.15) is 37.8 Å². The van der Waals surface area contributed by atoms with E-state index in [9.17, 15) is 8.42 Å². The predicted molar refractivity (Wildman–Crippen MR) is 113 cm³/mol. The molecule has 1 fully saturated rings. The molecule has 2 N–H and O–H groups in total. The summed E-state index contributed by atoms with van der Waals surface area (Å²) in [6.45, 7) is 5.01. The molecule has 1 saturated carbocycles. The monoisotopic (exact) mass is 421 g/mol. The molecule has 0 bridgehead atoms. The Labute approximate surface area is 173 Å². The summed E-state index contributed by atoms with van der Waals surface area (Å²) in [4.78, 5) is 0.235. The molecule has 1 aliphatic carbocycles. The zero-order chi connectivity index (χ0) is 20.4. The van der Waals surface area contributed by atoms with Crippen molar-refractivity contribution < 1.29 is 13.5 Å². The lowest BCUT2D eigenvalue weighted by Crippen LogP contribution is -2.51. The van der Waals surface area contributed by atoms with Crippen LogP contribution in [0.5, 0.6) is 0 Å². The molecule has 0 amide bonds. The SMILES string of the molecule is CC1(C)CC(CNS(=O)(=O)c2ccc(Cl)cc2)(Cc2ccc(CCO)cc2)C1. The normalized spacial score (nSPS) is 17.9. The van der Waals surface area contributed by atoms with Crippen molar-refractivity contribution in [2.45, 2.75) is 44.4 Å². The van der Waals surface area contributed by atoms with E-state index in [1.165, 1.54) is 17.7 Å². The fraction of sp³-hybridized carbons (Fsp3) is 0.455. The Morgan fingerprint density at radius 3 is 2.11 bits per heavy atom. The van der Waals surface area contributed by atoms with Gasteiger partial charge >= 0.3 is 0 Å². The molecular weight excluding hydrogens is 394 g/mol. The van der Waals surface area contributed by atoms with Gasteiger partial charge in [-0.15, -0.1) is 0 Å². The maximum Gasteiger partial charge on any atom is 0.240 e. The third-order valence-electron chi connectivity index (χ3n) is 5.47. The Balaban J connectivity index is 1.72. The van der Waals surface area contributed by atoms with E-state index in [-0.39, 0.29) is 22.3 Å². The van der Waals surface area contributed by atoms with Gasteiger partial charge in [0.15, 0.2) is 0 Å². The van der Waals surface area contributed by atoms with Gasteiger partial charge in [-0.25, -0.2) is 13.1 Å². The van der Waals surface area contributed by atoms with E-state index in [0.717, 1.165) is 24.8 Å². The van der Waals surface area contributed by atoms with Crippen LogP contribution >= 0.6 is 11.6 Å². The quantitative estimate of drug-likeness (QED) is 0.671. The van der Waals surface area contributed by atoms with Crippen molar-refractivity contribution in [3.63, 3.8) is 0 Å². The fourth-order valence-electron chi connectivity index (χ4n) is 4.62. The number of aliphatic hydroxyl groups excluding tert-OH is 1. The molecule has 0 heterocycles. The summed E-state index contributed by atoms with van der Waals surface area (Å²) in [5, 5.41) is 9.58. The highest BCUT2D eigenvalue weighted by atomic mass is 35.5. The van der Waals surface area contributed by atoms with Crippen molar-refractivity contribution in [2.24, 2.45) is 10.8 Å². The average Bonchev–Trinajstić information content (AvgIpc) is 2.61. The number of sulfonamides is 1. The van der Waals surface area contributed by atoms with Crippen molar-refractivity contribution >= 4 is 21.6 Å². The van der Waals surface area contributed by atoms with Gasteiger partial charge in [0, 0.05) is 18.2 Å². The van der Waals surface area contributed by atoms with E-state index in [0.29, 0.717) is 18.0 Å². The first kappa shape index (κ1) is 21.3. The number of nitrogens with one attached hydrogen (secondary N) is 1. The standard InChI is InChI=1S/C22H28ClNO3S/c1-21(2)14-22(15-21,13-18-5-3-17(4-6-18)11-12-25)16-24-28(26,27)20-9-7-19(23)8-10-20/h3-10,24-25H,11-16H2,1-2H3. The minimum absolute atomic E-state index is 0.0819. The highest BCUT2D eigenvalue weighted by Crippen LogP contribution is 2.55.